The number of amides is 1. The summed E-state index contributed by atoms with van der Waals surface area (Å²) in [5.41, 5.74) is 3.37. The highest BCUT2D eigenvalue weighted by Crippen LogP contribution is 2.34. The van der Waals surface area contributed by atoms with E-state index in [1.54, 1.807) is 32.4 Å². The minimum atomic E-state index is -0.0272. The highest BCUT2D eigenvalue weighted by molar-refractivity contribution is 5.95. The maximum Gasteiger partial charge on any atom is 0.254 e. The number of carbonyl (C=O) groups is 1. The van der Waals surface area contributed by atoms with E-state index >= 15 is 0 Å². The van der Waals surface area contributed by atoms with Crippen molar-refractivity contribution < 1.29 is 23.7 Å². The molecular weight excluding hydrogens is 398 g/mol. The molecule has 3 aromatic rings. The molecule has 0 saturated heterocycles. The predicted octanol–water partition coefficient (Wildman–Crippen LogP) is 3.34. The van der Waals surface area contributed by atoms with Gasteiger partial charge in [-0.25, -0.2) is 0 Å². The van der Waals surface area contributed by atoms with E-state index in [-0.39, 0.29) is 12.7 Å². The number of nitrogens with zero attached hydrogens (tertiary/aromatic N) is 3. The van der Waals surface area contributed by atoms with Crippen LogP contribution in [0.15, 0.2) is 42.5 Å². The Morgan fingerprint density at radius 3 is 2.65 bits per heavy atom. The summed E-state index contributed by atoms with van der Waals surface area (Å²) in [4.78, 5) is 15.0. The molecule has 2 aromatic carbocycles. The van der Waals surface area contributed by atoms with E-state index in [2.05, 4.69) is 0 Å². The van der Waals surface area contributed by atoms with Crippen molar-refractivity contribution in [2.75, 3.05) is 27.6 Å². The van der Waals surface area contributed by atoms with Gasteiger partial charge in [-0.3, -0.25) is 9.48 Å². The molecule has 3 heterocycles. The van der Waals surface area contributed by atoms with E-state index in [9.17, 15) is 4.79 Å². The number of aromatic nitrogens is 2. The molecule has 8 nitrogen and oxygen atoms in total. The van der Waals surface area contributed by atoms with Crippen LogP contribution in [0.4, 0.5) is 0 Å². The van der Waals surface area contributed by atoms with Crippen molar-refractivity contribution in [1.29, 1.82) is 0 Å². The molecule has 0 N–H and O–H groups in total. The SMILES string of the molecule is COc1ccc(-c2cc3n(n2)CCCN(C(=O)c2ccc4c(c2)OCO4)C3)cc1OC. The van der Waals surface area contributed by atoms with E-state index in [1.807, 2.05) is 33.8 Å². The van der Waals surface area contributed by atoms with Gasteiger partial charge in [0.1, 0.15) is 0 Å². The molecule has 31 heavy (non-hydrogen) atoms. The minimum Gasteiger partial charge on any atom is -0.493 e. The first-order valence-electron chi connectivity index (χ1n) is 10.1. The standard InChI is InChI=1S/C23H23N3O5/c1-28-19-6-4-15(10-21(19)29-2)18-12-17-13-25(8-3-9-26(17)24-18)23(27)16-5-7-20-22(11-16)31-14-30-20/h4-7,10-12H,3,8-9,13-14H2,1-2H3. The number of hydrogen-bond donors (Lipinski definition) is 0. The van der Waals surface area contributed by atoms with E-state index in [1.165, 1.54) is 0 Å². The van der Waals surface area contributed by atoms with Gasteiger partial charge in [-0.05, 0) is 48.9 Å². The lowest BCUT2D eigenvalue weighted by Crippen LogP contribution is -2.30. The summed E-state index contributed by atoms with van der Waals surface area (Å²) in [5, 5.41) is 4.77. The summed E-state index contributed by atoms with van der Waals surface area (Å²) in [7, 11) is 3.23. The summed E-state index contributed by atoms with van der Waals surface area (Å²) in [6.07, 6.45) is 0.830. The summed E-state index contributed by atoms with van der Waals surface area (Å²) < 4.78 is 23.5. The number of hydrogen-bond acceptors (Lipinski definition) is 6. The Bertz CT molecular complexity index is 1140. The fourth-order valence-electron chi connectivity index (χ4n) is 3.98. The molecule has 2 aliphatic heterocycles. The van der Waals surface area contributed by atoms with Crippen LogP contribution in [0.3, 0.4) is 0 Å². The maximum absolute atomic E-state index is 13.2. The molecular formula is C23H23N3O5. The van der Waals surface area contributed by atoms with Gasteiger partial charge < -0.3 is 23.8 Å². The van der Waals surface area contributed by atoms with Crippen LogP contribution in [0.5, 0.6) is 23.0 Å². The molecule has 0 spiro atoms. The Hall–Kier alpha value is -3.68. The topological polar surface area (TPSA) is 75.1 Å². The van der Waals surface area contributed by atoms with Gasteiger partial charge in [-0.2, -0.15) is 5.10 Å². The van der Waals surface area contributed by atoms with Crippen LogP contribution in [-0.2, 0) is 13.1 Å². The summed E-state index contributed by atoms with van der Waals surface area (Å²) in [5.74, 6) is 2.59. The Kier molecular flexibility index (Phi) is 4.89. The molecule has 0 bridgehead atoms. The second-order valence-electron chi connectivity index (χ2n) is 7.46. The number of carbonyl (C=O) groups excluding carboxylic acids is 1. The number of benzene rings is 2. The lowest BCUT2D eigenvalue weighted by atomic mass is 10.1. The summed E-state index contributed by atoms with van der Waals surface area (Å²) in [6.45, 7) is 2.11. The average Bonchev–Trinajstić information content (AvgIpc) is 3.39. The van der Waals surface area contributed by atoms with Gasteiger partial charge in [0.05, 0.1) is 32.2 Å². The Morgan fingerprint density at radius 1 is 0.968 bits per heavy atom. The molecule has 0 unspecified atom stereocenters. The monoisotopic (exact) mass is 421 g/mol. The minimum absolute atomic E-state index is 0.0272. The van der Waals surface area contributed by atoms with Gasteiger partial charge in [0.15, 0.2) is 23.0 Å². The van der Waals surface area contributed by atoms with Crippen LogP contribution in [0.2, 0.25) is 0 Å². The molecule has 1 amide bonds. The van der Waals surface area contributed by atoms with Gasteiger partial charge in [-0.15, -0.1) is 0 Å². The molecule has 2 aliphatic rings. The van der Waals surface area contributed by atoms with E-state index in [0.717, 1.165) is 29.9 Å². The van der Waals surface area contributed by atoms with E-state index in [4.69, 9.17) is 24.0 Å². The number of aryl methyl sites for hydroxylation is 1. The van der Waals surface area contributed by atoms with Crippen molar-refractivity contribution in [2.45, 2.75) is 19.5 Å². The summed E-state index contributed by atoms with van der Waals surface area (Å²) in [6, 6.07) is 13.1. The molecule has 0 aliphatic carbocycles. The first kappa shape index (κ1) is 19.3. The number of ether oxygens (including phenoxy) is 4. The van der Waals surface area contributed by atoms with Crippen molar-refractivity contribution in [3.8, 4) is 34.3 Å². The zero-order valence-corrected chi connectivity index (χ0v) is 17.5. The summed E-state index contributed by atoms with van der Waals surface area (Å²) >= 11 is 0. The third-order valence-corrected chi connectivity index (χ3v) is 5.60. The van der Waals surface area contributed by atoms with Crippen molar-refractivity contribution in [1.82, 2.24) is 14.7 Å². The molecule has 1 aromatic heterocycles. The molecule has 8 heteroatoms. The molecule has 0 atom stereocenters. The molecule has 5 rings (SSSR count). The maximum atomic E-state index is 13.2. The number of fused-ring (bicyclic) bond motifs is 2. The van der Waals surface area contributed by atoms with Crippen LogP contribution in [0.1, 0.15) is 22.5 Å². The predicted molar refractivity (Wildman–Crippen MR) is 113 cm³/mol. The molecule has 160 valence electrons. The molecule has 0 saturated carbocycles. The third-order valence-electron chi connectivity index (χ3n) is 5.60. The third kappa shape index (κ3) is 3.54. The lowest BCUT2D eigenvalue weighted by Gasteiger charge is -2.20. The lowest BCUT2D eigenvalue weighted by molar-refractivity contribution is 0.0745. The first-order valence-corrected chi connectivity index (χ1v) is 10.1. The van der Waals surface area contributed by atoms with E-state index < -0.39 is 0 Å². The van der Waals surface area contributed by atoms with E-state index in [0.29, 0.717) is 41.7 Å². The smallest absolute Gasteiger partial charge is 0.254 e. The highest BCUT2D eigenvalue weighted by atomic mass is 16.7. The second kappa shape index (κ2) is 7.86. The van der Waals surface area contributed by atoms with Gasteiger partial charge in [0.2, 0.25) is 6.79 Å². The van der Waals surface area contributed by atoms with Crippen molar-refractivity contribution in [2.24, 2.45) is 0 Å². The van der Waals surface area contributed by atoms with Crippen molar-refractivity contribution in [3.63, 3.8) is 0 Å². The van der Waals surface area contributed by atoms with Gasteiger partial charge in [0.25, 0.3) is 5.91 Å². The van der Waals surface area contributed by atoms with Crippen LogP contribution >= 0.6 is 0 Å². The molecule has 0 fully saturated rings. The molecule has 0 radical (unpaired) electrons. The Labute approximate surface area is 179 Å². The van der Waals surface area contributed by atoms with Crippen molar-refractivity contribution in [3.05, 3.63) is 53.7 Å². The van der Waals surface area contributed by atoms with Crippen LogP contribution < -0.4 is 18.9 Å². The highest BCUT2D eigenvalue weighted by Gasteiger charge is 2.24. The Morgan fingerprint density at radius 2 is 1.81 bits per heavy atom. The zero-order valence-electron chi connectivity index (χ0n) is 17.5. The second-order valence-corrected chi connectivity index (χ2v) is 7.46. The number of methoxy groups -OCH3 is 2. The average molecular weight is 421 g/mol. The van der Waals surface area contributed by atoms with Gasteiger partial charge in [0, 0.05) is 24.2 Å². The number of rotatable bonds is 4. The fraction of sp³-hybridized carbons (Fsp3) is 0.304. The van der Waals surface area contributed by atoms with Crippen LogP contribution in [0, 0.1) is 0 Å². The largest absolute Gasteiger partial charge is 0.493 e. The van der Waals surface area contributed by atoms with Gasteiger partial charge in [-0.1, -0.05) is 0 Å². The van der Waals surface area contributed by atoms with Crippen molar-refractivity contribution >= 4 is 5.91 Å². The normalized spacial score (nSPS) is 14.7. The Balaban J connectivity index is 1.40. The van der Waals surface area contributed by atoms with Crippen LogP contribution in [-0.4, -0.2) is 48.1 Å². The van der Waals surface area contributed by atoms with Crippen LogP contribution in [0.25, 0.3) is 11.3 Å². The van der Waals surface area contributed by atoms with Gasteiger partial charge >= 0.3 is 0 Å². The quantitative estimate of drug-likeness (QED) is 0.643. The first-order chi connectivity index (χ1) is 15.2. The zero-order chi connectivity index (χ0) is 21.4. The fourth-order valence-corrected chi connectivity index (χ4v) is 3.98.